The van der Waals surface area contributed by atoms with Gasteiger partial charge in [-0.3, -0.25) is 4.79 Å². The molecule has 5 nitrogen and oxygen atoms in total. The van der Waals surface area contributed by atoms with Crippen LogP contribution in [0.25, 0.3) is 0 Å². The smallest absolute Gasteiger partial charge is 0.262 e. The quantitative estimate of drug-likeness (QED) is 0.855. The summed E-state index contributed by atoms with van der Waals surface area (Å²) in [6, 6.07) is 12.5. The summed E-state index contributed by atoms with van der Waals surface area (Å²) in [6.07, 6.45) is 0. The average Bonchev–Trinajstić information content (AvgIpc) is 2.62. The molecule has 0 aromatic heterocycles. The van der Waals surface area contributed by atoms with Gasteiger partial charge >= 0.3 is 0 Å². The molecular weight excluding hydrogens is 363 g/mol. The Morgan fingerprint density at radius 1 is 1.12 bits per heavy atom. The van der Waals surface area contributed by atoms with Gasteiger partial charge in [0.1, 0.15) is 5.75 Å². The lowest BCUT2D eigenvalue weighted by Crippen LogP contribution is -2.36. The summed E-state index contributed by atoms with van der Waals surface area (Å²) >= 11 is 12.3. The summed E-state index contributed by atoms with van der Waals surface area (Å²) in [6.45, 7) is 2.85. The number of carbonyl (C=O) groups is 1. The first-order valence-corrected chi connectivity index (χ1v) is 8.68. The highest BCUT2D eigenvalue weighted by Crippen LogP contribution is 2.29. The van der Waals surface area contributed by atoms with Crippen LogP contribution in [0.4, 0.5) is 11.4 Å². The Morgan fingerprint density at radius 2 is 1.88 bits per heavy atom. The van der Waals surface area contributed by atoms with Crippen LogP contribution >= 0.6 is 23.2 Å². The van der Waals surface area contributed by atoms with Gasteiger partial charge in [-0.2, -0.15) is 0 Å². The molecule has 25 heavy (non-hydrogen) atoms. The molecule has 7 heteroatoms. The maximum atomic E-state index is 12.0. The second-order valence-corrected chi connectivity index (χ2v) is 6.35. The number of anilines is 2. The van der Waals surface area contributed by atoms with E-state index >= 15 is 0 Å². The largest absolute Gasteiger partial charge is 0.482 e. The molecule has 2 aromatic carbocycles. The Morgan fingerprint density at radius 3 is 2.60 bits per heavy atom. The lowest BCUT2D eigenvalue weighted by atomic mass is 10.2. The maximum Gasteiger partial charge on any atom is 0.262 e. The molecule has 1 heterocycles. The third kappa shape index (κ3) is 4.78. The van der Waals surface area contributed by atoms with Gasteiger partial charge in [-0.1, -0.05) is 35.3 Å². The number of carbonyl (C=O) groups excluding carboxylic acids is 1. The molecule has 1 fully saturated rings. The summed E-state index contributed by atoms with van der Waals surface area (Å²) in [5, 5.41) is 3.82. The molecule has 0 atom stereocenters. The highest BCUT2D eigenvalue weighted by atomic mass is 35.5. The average molecular weight is 381 g/mol. The third-order valence-corrected chi connectivity index (χ3v) is 4.39. The Bertz CT molecular complexity index is 749. The monoisotopic (exact) mass is 380 g/mol. The predicted octanol–water partition coefficient (Wildman–Crippen LogP) is 3.85. The number of nitrogens with one attached hydrogen (secondary N) is 1. The first kappa shape index (κ1) is 17.9. The topological polar surface area (TPSA) is 50.8 Å². The number of morpholine rings is 1. The number of benzene rings is 2. The molecule has 0 radical (unpaired) electrons. The van der Waals surface area contributed by atoms with Crippen molar-refractivity contribution in [1.82, 2.24) is 0 Å². The van der Waals surface area contributed by atoms with Crippen LogP contribution in [-0.4, -0.2) is 38.8 Å². The highest BCUT2D eigenvalue weighted by Gasteiger charge is 2.15. The van der Waals surface area contributed by atoms with E-state index in [1.54, 1.807) is 30.3 Å². The Kier molecular flexibility index (Phi) is 6.02. The lowest BCUT2D eigenvalue weighted by Gasteiger charge is -2.29. The highest BCUT2D eigenvalue weighted by molar-refractivity contribution is 6.33. The van der Waals surface area contributed by atoms with Crippen LogP contribution in [0.3, 0.4) is 0 Å². The molecule has 0 aliphatic carbocycles. The number of amides is 1. The van der Waals surface area contributed by atoms with E-state index in [2.05, 4.69) is 10.2 Å². The molecule has 0 saturated carbocycles. The van der Waals surface area contributed by atoms with Gasteiger partial charge in [0.15, 0.2) is 6.61 Å². The summed E-state index contributed by atoms with van der Waals surface area (Å²) < 4.78 is 10.8. The molecule has 0 spiro atoms. The zero-order valence-electron chi connectivity index (χ0n) is 13.5. The van der Waals surface area contributed by atoms with Gasteiger partial charge in [0.05, 0.1) is 28.9 Å². The zero-order valence-corrected chi connectivity index (χ0v) is 15.0. The zero-order chi connectivity index (χ0) is 17.6. The number of hydrogen-bond acceptors (Lipinski definition) is 4. The minimum atomic E-state index is -0.282. The molecule has 1 aliphatic heterocycles. The Hall–Kier alpha value is -1.95. The number of nitrogens with zero attached hydrogens (tertiary/aromatic N) is 1. The van der Waals surface area contributed by atoms with Crippen LogP contribution in [0.5, 0.6) is 5.75 Å². The molecule has 1 saturated heterocycles. The molecule has 3 rings (SSSR count). The molecule has 1 amide bonds. The predicted molar refractivity (Wildman–Crippen MR) is 100 cm³/mol. The molecule has 1 aliphatic rings. The second kappa shape index (κ2) is 8.43. The third-order valence-electron chi connectivity index (χ3n) is 3.78. The van der Waals surface area contributed by atoms with Crippen molar-refractivity contribution in [2.24, 2.45) is 0 Å². The first-order chi connectivity index (χ1) is 12.1. The SMILES string of the molecule is O=C(COc1ccccc1Cl)Nc1ccc(N2CCOCC2)c(Cl)c1. The fraction of sp³-hybridized carbons (Fsp3) is 0.278. The van der Waals surface area contributed by atoms with Gasteiger partial charge in [-0.25, -0.2) is 0 Å². The first-order valence-electron chi connectivity index (χ1n) is 7.93. The van der Waals surface area contributed by atoms with Crippen LogP contribution in [0.1, 0.15) is 0 Å². The van der Waals surface area contributed by atoms with Crippen LogP contribution in [0.15, 0.2) is 42.5 Å². The molecular formula is C18H18Cl2N2O3. The van der Waals surface area contributed by atoms with E-state index in [9.17, 15) is 4.79 Å². The van der Waals surface area contributed by atoms with E-state index in [1.165, 1.54) is 0 Å². The number of ether oxygens (including phenoxy) is 2. The second-order valence-electron chi connectivity index (χ2n) is 5.53. The van der Waals surface area contributed by atoms with Gasteiger partial charge < -0.3 is 19.7 Å². The van der Waals surface area contributed by atoms with Gasteiger partial charge in [0.25, 0.3) is 5.91 Å². The van der Waals surface area contributed by atoms with E-state index in [1.807, 2.05) is 12.1 Å². The van der Waals surface area contributed by atoms with Crippen LogP contribution in [0, 0.1) is 0 Å². The van der Waals surface area contributed by atoms with Crippen molar-refractivity contribution in [2.75, 3.05) is 43.1 Å². The fourth-order valence-corrected chi connectivity index (χ4v) is 3.04. The number of hydrogen-bond donors (Lipinski definition) is 1. The van der Waals surface area contributed by atoms with Gasteiger partial charge in [-0.05, 0) is 30.3 Å². The molecule has 1 N–H and O–H groups in total. The summed E-state index contributed by atoms with van der Waals surface area (Å²) in [5.74, 6) is 0.190. The van der Waals surface area contributed by atoms with Crippen LogP contribution in [-0.2, 0) is 9.53 Å². The standard InChI is InChI=1S/C18H18Cl2N2O3/c19-14-3-1-2-4-17(14)25-12-18(23)21-13-5-6-16(15(20)11-13)22-7-9-24-10-8-22/h1-6,11H,7-10,12H2,(H,21,23). The van der Waals surface area contributed by atoms with Crippen molar-refractivity contribution in [3.63, 3.8) is 0 Å². The minimum absolute atomic E-state index is 0.132. The van der Waals surface area contributed by atoms with Crippen molar-refractivity contribution in [1.29, 1.82) is 0 Å². The van der Waals surface area contributed by atoms with Crippen LogP contribution < -0.4 is 15.0 Å². The number of para-hydroxylation sites is 1. The van der Waals surface area contributed by atoms with Crippen molar-refractivity contribution >= 4 is 40.5 Å². The number of halogens is 2. The Labute approximate surface area is 156 Å². The lowest BCUT2D eigenvalue weighted by molar-refractivity contribution is -0.118. The van der Waals surface area contributed by atoms with Crippen molar-refractivity contribution in [3.05, 3.63) is 52.5 Å². The van der Waals surface area contributed by atoms with Crippen molar-refractivity contribution in [3.8, 4) is 5.75 Å². The van der Waals surface area contributed by atoms with E-state index in [4.69, 9.17) is 32.7 Å². The van der Waals surface area contributed by atoms with Gasteiger partial charge in [0.2, 0.25) is 0 Å². The normalized spacial score (nSPS) is 14.2. The van der Waals surface area contributed by atoms with Crippen molar-refractivity contribution < 1.29 is 14.3 Å². The fourth-order valence-electron chi connectivity index (χ4n) is 2.55. The van der Waals surface area contributed by atoms with E-state index in [0.717, 1.165) is 18.8 Å². The summed E-state index contributed by atoms with van der Waals surface area (Å²) in [7, 11) is 0. The Balaban J connectivity index is 1.58. The molecule has 132 valence electrons. The summed E-state index contributed by atoms with van der Waals surface area (Å²) in [4.78, 5) is 14.2. The number of rotatable bonds is 5. The van der Waals surface area contributed by atoms with E-state index in [-0.39, 0.29) is 12.5 Å². The minimum Gasteiger partial charge on any atom is -0.482 e. The van der Waals surface area contributed by atoms with Gasteiger partial charge in [-0.15, -0.1) is 0 Å². The maximum absolute atomic E-state index is 12.0. The van der Waals surface area contributed by atoms with E-state index in [0.29, 0.717) is 34.7 Å². The molecule has 0 unspecified atom stereocenters. The van der Waals surface area contributed by atoms with Gasteiger partial charge in [0, 0.05) is 18.8 Å². The summed E-state index contributed by atoms with van der Waals surface area (Å²) in [5.41, 5.74) is 1.56. The molecule has 2 aromatic rings. The van der Waals surface area contributed by atoms with E-state index < -0.39 is 0 Å². The van der Waals surface area contributed by atoms with Crippen LogP contribution in [0.2, 0.25) is 10.0 Å². The van der Waals surface area contributed by atoms with Crippen molar-refractivity contribution in [2.45, 2.75) is 0 Å². The molecule has 0 bridgehead atoms.